The molecule has 1 aromatic carbocycles. The van der Waals surface area contributed by atoms with Crippen molar-refractivity contribution in [1.29, 1.82) is 0 Å². The summed E-state index contributed by atoms with van der Waals surface area (Å²) in [5.74, 6) is 1.74. The highest BCUT2D eigenvalue weighted by Gasteiger charge is 2.09. The number of fused-ring (bicyclic) bond motifs is 1. The molecule has 0 atom stereocenters. The first-order valence-corrected chi connectivity index (χ1v) is 5.46. The molecule has 3 aromatic rings. The van der Waals surface area contributed by atoms with E-state index in [9.17, 15) is 0 Å². The van der Waals surface area contributed by atoms with E-state index >= 15 is 0 Å². The summed E-state index contributed by atoms with van der Waals surface area (Å²) in [4.78, 5) is 4.31. The zero-order valence-corrected chi connectivity index (χ0v) is 9.47. The first-order chi connectivity index (χ1) is 8.25. The molecule has 3 rings (SSSR count). The molecule has 2 N–H and O–H groups in total. The maximum absolute atomic E-state index is 5.92. The van der Waals surface area contributed by atoms with Crippen molar-refractivity contribution in [3.8, 4) is 11.3 Å². The van der Waals surface area contributed by atoms with Crippen molar-refractivity contribution in [3.63, 3.8) is 0 Å². The summed E-state index contributed by atoms with van der Waals surface area (Å²) in [6.07, 6.45) is 1.75. The molecule has 0 aliphatic carbocycles. The van der Waals surface area contributed by atoms with Gasteiger partial charge in [0.05, 0.1) is 11.2 Å². The van der Waals surface area contributed by atoms with E-state index in [-0.39, 0.29) is 0 Å². The van der Waals surface area contributed by atoms with E-state index in [2.05, 4.69) is 4.98 Å². The lowest BCUT2D eigenvalue weighted by molar-refractivity contribution is 0.549. The van der Waals surface area contributed by atoms with E-state index in [4.69, 9.17) is 10.2 Å². The molecule has 0 saturated heterocycles. The number of pyridine rings is 1. The molecule has 0 aliphatic heterocycles. The molecule has 0 amide bonds. The fourth-order valence-corrected chi connectivity index (χ4v) is 1.99. The average Bonchev–Trinajstić information content (AvgIpc) is 2.77. The molecule has 0 saturated carbocycles. The van der Waals surface area contributed by atoms with Crippen LogP contribution >= 0.6 is 0 Å². The summed E-state index contributed by atoms with van der Waals surface area (Å²) in [6, 6.07) is 11.7. The predicted molar refractivity (Wildman–Crippen MR) is 68.6 cm³/mol. The van der Waals surface area contributed by atoms with E-state index in [1.807, 2.05) is 43.3 Å². The van der Waals surface area contributed by atoms with Crippen LogP contribution in [0.15, 0.2) is 47.0 Å². The van der Waals surface area contributed by atoms with Gasteiger partial charge in [0.15, 0.2) is 0 Å². The van der Waals surface area contributed by atoms with Crippen molar-refractivity contribution in [2.45, 2.75) is 6.92 Å². The van der Waals surface area contributed by atoms with Crippen LogP contribution in [0.5, 0.6) is 0 Å². The van der Waals surface area contributed by atoms with Crippen LogP contribution in [-0.4, -0.2) is 4.98 Å². The zero-order valence-electron chi connectivity index (χ0n) is 9.47. The molecule has 3 nitrogen and oxygen atoms in total. The highest BCUT2D eigenvalue weighted by atomic mass is 16.3. The van der Waals surface area contributed by atoms with Crippen molar-refractivity contribution < 1.29 is 4.42 Å². The number of aromatic nitrogens is 1. The number of anilines is 1. The van der Waals surface area contributed by atoms with Gasteiger partial charge in [-0.3, -0.25) is 4.98 Å². The van der Waals surface area contributed by atoms with E-state index in [0.29, 0.717) is 5.69 Å². The van der Waals surface area contributed by atoms with Crippen molar-refractivity contribution >= 4 is 16.6 Å². The Balaban J connectivity index is 2.34. The van der Waals surface area contributed by atoms with Gasteiger partial charge in [-0.15, -0.1) is 0 Å². The van der Waals surface area contributed by atoms with Gasteiger partial charge >= 0.3 is 0 Å². The largest absolute Gasteiger partial charge is 0.461 e. The summed E-state index contributed by atoms with van der Waals surface area (Å²) >= 11 is 0. The Kier molecular flexibility index (Phi) is 2.11. The second-order valence-corrected chi connectivity index (χ2v) is 4.01. The first-order valence-electron chi connectivity index (χ1n) is 5.46. The van der Waals surface area contributed by atoms with E-state index < -0.39 is 0 Å². The number of benzene rings is 1. The maximum atomic E-state index is 5.92. The fourth-order valence-electron chi connectivity index (χ4n) is 1.99. The minimum atomic E-state index is 0.688. The Morgan fingerprint density at radius 3 is 2.76 bits per heavy atom. The van der Waals surface area contributed by atoms with Gasteiger partial charge in [-0.2, -0.15) is 0 Å². The number of aryl methyl sites for hydroxylation is 1. The molecular weight excluding hydrogens is 212 g/mol. The second kappa shape index (κ2) is 3.63. The quantitative estimate of drug-likeness (QED) is 0.644. The average molecular weight is 224 g/mol. The predicted octanol–water partition coefficient (Wildman–Crippen LogP) is 3.39. The third kappa shape index (κ3) is 1.56. The van der Waals surface area contributed by atoms with Crippen LogP contribution in [0.3, 0.4) is 0 Å². The smallest absolute Gasteiger partial charge is 0.134 e. The molecule has 3 heteroatoms. The summed E-state index contributed by atoms with van der Waals surface area (Å²) in [5, 5.41) is 1.02. The molecule has 84 valence electrons. The SMILES string of the molecule is Cc1ccc(-c2ccc(N)c3ncccc23)o1. The van der Waals surface area contributed by atoms with Gasteiger partial charge in [0.1, 0.15) is 11.5 Å². The zero-order chi connectivity index (χ0) is 11.8. The van der Waals surface area contributed by atoms with Crippen molar-refractivity contribution in [2.24, 2.45) is 0 Å². The number of furan rings is 1. The van der Waals surface area contributed by atoms with Gasteiger partial charge in [0, 0.05) is 17.1 Å². The fraction of sp³-hybridized carbons (Fsp3) is 0.0714. The molecular formula is C14H12N2O. The van der Waals surface area contributed by atoms with E-state index in [1.165, 1.54) is 0 Å². The number of rotatable bonds is 1. The lowest BCUT2D eigenvalue weighted by Crippen LogP contribution is -1.90. The van der Waals surface area contributed by atoms with Crippen LogP contribution < -0.4 is 5.73 Å². The molecule has 17 heavy (non-hydrogen) atoms. The molecule has 0 spiro atoms. The summed E-state index contributed by atoms with van der Waals surface area (Å²) < 4.78 is 5.65. The molecule has 0 radical (unpaired) electrons. The van der Waals surface area contributed by atoms with Crippen LogP contribution in [0.1, 0.15) is 5.76 Å². The summed E-state index contributed by atoms with van der Waals surface area (Å²) in [7, 11) is 0. The number of nitrogens with zero attached hydrogens (tertiary/aromatic N) is 1. The van der Waals surface area contributed by atoms with Crippen LogP contribution in [0.2, 0.25) is 0 Å². The lowest BCUT2D eigenvalue weighted by Gasteiger charge is -2.05. The minimum absolute atomic E-state index is 0.688. The van der Waals surface area contributed by atoms with Gasteiger partial charge in [0.2, 0.25) is 0 Å². The van der Waals surface area contributed by atoms with Crippen LogP contribution in [0.25, 0.3) is 22.2 Å². The van der Waals surface area contributed by atoms with Gasteiger partial charge in [-0.1, -0.05) is 6.07 Å². The lowest BCUT2D eigenvalue weighted by atomic mass is 10.1. The molecule has 2 heterocycles. The Morgan fingerprint density at radius 1 is 1.12 bits per heavy atom. The van der Waals surface area contributed by atoms with Crippen LogP contribution in [-0.2, 0) is 0 Å². The highest BCUT2D eigenvalue weighted by Crippen LogP contribution is 2.31. The topological polar surface area (TPSA) is 52.0 Å². The van der Waals surface area contributed by atoms with Gasteiger partial charge < -0.3 is 10.2 Å². The van der Waals surface area contributed by atoms with Crippen LogP contribution in [0, 0.1) is 6.92 Å². The van der Waals surface area contributed by atoms with Crippen molar-refractivity contribution in [2.75, 3.05) is 5.73 Å². The van der Waals surface area contributed by atoms with Gasteiger partial charge in [-0.25, -0.2) is 0 Å². The number of nitrogen functional groups attached to an aromatic ring is 1. The summed E-state index contributed by atoms with van der Waals surface area (Å²) in [5.41, 5.74) is 8.44. The summed E-state index contributed by atoms with van der Waals surface area (Å²) in [6.45, 7) is 1.93. The van der Waals surface area contributed by atoms with Crippen molar-refractivity contribution in [1.82, 2.24) is 4.98 Å². The molecule has 2 aromatic heterocycles. The van der Waals surface area contributed by atoms with Crippen molar-refractivity contribution in [3.05, 3.63) is 48.4 Å². The Bertz CT molecular complexity index is 686. The first kappa shape index (κ1) is 9.90. The molecule has 0 aliphatic rings. The van der Waals surface area contributed by atoms with E-state index in [1.54, 1.807) is 6.20 Å². The number of hydrogen-bond acceptors (Lipinski definition) is 3. The second-order valence-electron chi connectivity index (χ2n) is 4.01. The highest BCUT2D eigenvalue weighted by molar-refractivity contribution is 5.99. The van der Waals surface area contributed by atoms with Gasteiger partial charge in [0.25, 0.3) is 0 Å². The normalized spacial score (nSPS) is 10.9. The van der Waals surface area contributed by atoms with E-state index in [0.717, 1.165) is 28.0 Å². The van der Waals surface area contributed by atoms with Gasteiger partial charge in [-0.05, 0) is 37.3 Å². The Morgan fingerprint density at radius 2 is 2.00 bits per heavy atom. The standard InChI is InChI=1S/C14H12N2O/c1-9-4-7-13(17-9)10-5-6-12(15)14-11(10)3-2-8-16-14/h2-8H,15H2,1H3. The third-order valence-corrected chi connectivity index (χ3v) is 2.81. The third-order valence-electron chi connectivity index (χ3n) is 2.81. The number of hydrogen-bond donors (Lipinski definition) is 1. The molecule has 0 fully saturated rings. The Labute approximate surface area is 98.9 Å². The number of nitrogens with two attached hydrogens (primary N) is 1. The Hall–Kier alpha value is -2.29. The minimum Gasteiger partial charge on any atom is -0.461 e. The maximum Gasteiger partial charge on any atom is 0.134 e. The molecule has 0 unspecified atom stereocenters. The molecule has 0 bridgehead atoms. The van der Waals surface area contributed by atoms with Crippen LogP contribution in [0.4, 0.5) is 5.69 Å². The monoisotopic (exact) mass is 224 g/mol.